The molecule has 0 radical (unpaired) electrons. The predicted octanol–water partition coefficient (Wildman–Crippen LogP) is 12.8. The second-order valence-corrected chi connectivity index (χ2v) is 22.2. The molecule has 0 bridgehead atoms. The van der Waals surface area contributed by atoms with E-state index in [2.05, 4.69) is 86.2 Å². The fraction of sp³-hybridized carbons (Fsp3) is 0.387. The Morgan fingerprint density at radius 3 is 1.78 bits per heavy atom. The second kappa shape index (κ2) is 18.8. The van der Waals surface area contributed by atoms with Crippen LogP contribution in [0, 0.1) is 27.7 Å². The largest absolute Gasteiger partial charge is 0.464 e. The maximum atomic E-state index is 14.1. The summed E-state index contributed by atoms with van der Waals surface area (Å²) < 4.78 is 29.3. The number of aromatic nitrogens is 6. The van der Waals surface area contributed by atoms with E-state index < -0.39 is 6.29 Å². The molecule has 15 nitrogen and oxygen atoms in total. The highest BCUT2D eigenvalue weighted by molar-refractivity contribution is 6.05. The third kappa shape index (κ3) is 8.14. The molecule has 77 heavy (non-hydrogen) atoms. The summed E-state index contributed by atoms with van der Waals surface area (Å²) in [5.41, 5.74) is 12.2. The summed E-state index contributed by atoms with van der Waals surface area (Å²) in [6, 6.07) is 33.3. The number of benzene rings is 5. The van der Waals surface area contributed by atoms with E-state index in [0.717, 1.165) is 164 Å². The second-order valence-electron chi connectivity index (χ2n) is 22.2. The zero-order valence-electron chi connectivity index (χ0n) is 43.9. The Morgan fingerprint density at radius 2 is 1.17 bits per heavy atom. The van der Waals surface area contributed by atoms with Crippen LogP contribution in [0.25, 0.3) is 55.1 Å². The number of hydrogen-bond acceptors (Lipinski definition) is 11. The van der Waals surface area contributed by atoms with Gasteiger partial charge in [0, 0.05) is 59.1 Å². The van der Waals surface area contributed by atoms with Crippen molar-refractivity contribution < 1.29 is 33.2 Å². The topological polar surface area (TPSA) is 167 Å². The smallest absolute Gasteiger partial charge is 0.227 e. The SMILES string of the molecule is Cc1noc(C)c1-c1ccc2c(c1)nc([C@@H]1CCC(=O)N1c1ccc3c(c1)CC(OC1CCC(n4c([C@@H]5CCC(=O)N5c5cccc6ccccc56)nc5cc(-c6c(C)noc6C)ccc54)CC1)O3)n2C1CCC(O)CC1. The van der Waals surface area contributed by atoms with E-state index in [4.69, 9.17) is 28.5 Å². The van der Waals surface area contributed by atoms with Crippen molar-refractivity contribution >= 4 is 56.0 Å². The monoisotopic (exact) mass is 1030 g/mol. The van der Waals surface area contributed by atoms with Gasteiger partial charge in [0.2, 0.25) is 18.1 Å². The van der Waals surface area contributed by atoms with Gasteiger partial charge >= 0.3 is 0 Å². The summed E-state index contributed by atoms with van der Waals surface area (Å²) >= 11 is 0. The van der Waals surface area contributed by atoms with Crippen LogP contribution in [0.2, 0.25) is 0 Å². The number of anilines is 2. The number of imidazole rings is 2. The van der Waals surface area contributed by atoms with Gasteiger partial charge in [0.15, 0.2) is 0 Å². The lowest BCUT2D eigenvalue weighted by Gasteiger charge is -2.33. The Labute approximate surface area is 445 Å². The lowest BCUT2D eigenvalue weighted by atomic mass is 9.92. The van der Waals surface area contributed by atoms with Crippen LogP contribution in [0.1, 0.15) is 141 Å². The number of amides is 2. The minimum atomic E-state index is -0.448. The number of ether oxygens (including phenoxy) is 2. The summed E-state index contributed by atoms with van der Waals surface area (Å²) in [7, 11) is 0. The molecule has 4 fully saturated rings. The summed E-state index contributed by atoms with van der Waals surface area (Å²) in [4.78, 5) is 42.9. The molecule has 5 aromatic carbocycles. The van der Waals surface area contributed by atoms with Crippen molar-refractivity contribution in [3.05, 3.63) is 137 Å². The number of aryl methyl sites for hydroxylation is 4. The van der Waals surface area contributed by atoms with Gasteiger partial charge in [-0.15, -0.1) is 0 Å². The van der Waals surface area contributed by atoms with E-state index in [0.29, 0.717) is 32.1 Å². The maximum Gasteiger partial charge on any atom is 0.227 e. The third-order valence-corrected chi connectivity index (χ3v) is 17.5. The summed E-state index contributed by atoms with van der Waals surface area (Å²) in [6.07, 6.45) is 8.58. The van der Waals surface area contributed by atoms with Gasteiger partial charge in [-0.2, -0.15) is 0 Å². The molecule has 5 aliphatic rings. The highest BCUT2D eigenvalue weighted by atomic mass is 16.7. The summed E-state index contributed by atoms with van der Waals surface area (Å²) in [5.74, 6) is 4.29. The minimum Gasteiger partial charge on any atom is -0.464 e. The van der Waals surface area contributed by atoms with Crippen LogP contribution in [0.15, 0.2) is 106 Å². The molecule has 14 rings (SSSR count). The molecule has 2 saturated heterocycles. The molecule has 4 aromatic heterocycles. The van der Waals surface area contributed by atoms with Gasteiger partial charge in [0.05, 0.1) is 63.4 Å². The number of aliphatic hydroxyl groups excluding tert-OH is 1. The van der Waals surface area contributed by atoms with Crippen LogP contribution >= 0.6 is 0 Å². The normalized spacial score (nSPS) is 23.8. The average Bonchev–Trinajstić information content (AvgIpc) is 4.43. The average molecular weight is 1030 g/mol. The molecule has 9 aromatic rings. The van der Waals surface area contributed by atoms with Crippen LogP contribution in [-0.2, 0) is 20.7 Å². The minimum absolute atomic E-state index is 0.00815. The molecule has 1 unspecified atom stereocenters. The zero-order chi connectivity index (χ0) is 52.2. The number of carbonyl (C=O) groups excluding carboxylic acids is 2. The molecular formula is C62H62N8O7. The number of rotatable bonds is 10. The van der Waals surface area contributed by atoms with E-state index in [9.17, 15) is 14.7 Å². The molecule has 3 atom stereocenters. The van der Waals surface area contributed by atoms with E-state index in [1.54, 1.807) is 0 Å². The van der Waals surface area contributed by atoms with Crippen LogP contribution < -0.4 is 14.5 Å². The van der Waals surface area contributed by atoms with Crippen molar-refractivity contribution in [3.8, 4) is 28.0 Å². The Bertz CT molecular complexity index is 3750. The van der Waals surface area contributed by atoms with Crippen molar-refractivity contribution in [2.45, 2.75) is 154 Å². The molecule has 15 heteroatoms. The van der Waals surface area contributed by atoms with E-state index in [1.807, 2.05) is 67.8 Å². The molecule has 2 amide bonds. The Hall–Kier alpha value is -7.62. The molecule has 3 aliphatic heterocycles. The number of hydrogen-bond donors (Lipinski definition) is 1. The molecule has 1 N–H and O–H groups in total. The molecular weight excluding hydrogens is 969 g/mol. The first-order chi connectivity index (χ1) is 37.5. The van der Waals surface area contributed by atoms with Crippen molar-refractivity contribution in [3.63, 3.8) is 0 Å². The van der Waals surface area contributed by atoms with Crippen molar-refractivity contribution in [1.82, 2.24) is 29.4 Å². The van der Waals surface area contributed by atoms with Crippen LogP contribution in [0.3, 0.4) is 0 Å². The lowest BCUT2D eigenvalue weighted by Crippen LogP contribution is -2.32. The number of nitrogens with zero attached hydrogens (tertiary/aromatic N) is 8. The van der Waals surface area contributed by atoms with E-state index in [-0.39, 0.29) is 48.2 Å². The summed E-state index contributed by atoms with van der Waals surface area (Å²) in [5, 5.41) is 21.1. The molecule has 7 heterocycles. The molecule has 2 aliphatic carbocycles. The standard InChI is InChI=1S/C62H62N8O7/c1-34-59(36(3)76-65-34)39-12-23-51-48(31-39)63-61(68(51)42-14-19-45(71)20-15-42)53-25-28-56(72)67(53)44-18-27-55-41(30-44)33-58(75-55)74-46-21-16-43(17-22-46)69-52-24-13-40(60-35(2)66-77-37(60)4)32-49(52)64-62(69)54-26-29-57(73)70(54)50-11-7-9-38-8-5-6-10-47(38)50/h5-13,18,23-24,27,30-32,42-43,45-46,53-54,58,71H,14-17,19-22,25-26,28-29,33H2,1-4H3/t42?,43?,45?,46?,53-,54-,58?/m0/s1. The van der Waals surface area contributed by atoms with E-state index >= 15 is 0 Å². The molecule has 392 valence electrons. The fourth-order valence-electron chi connectivity index (χ4n) is 13.9. The van der Waals surface area contributed by atoms with Gasteiger partial charge in [-0.05, 0) is 157 Å². The highest BCUT2D eigenvalue weighted by Gasteiger charge is 2.42. The zero-order valence-corrected chi connectivity index (χ0v) is 43.9. The number of aliphatic hydroxyl groups is 1. The summed E-state index contributed by atoms with van der Waals surface area (Å²) in [6.45, 7) is 7.80. The maximum absolute atomic E-state index is 14.1. The number of fused-ring (bicyclic) bond motifs is 4. The van der Waals surface area contributed by atoms with Gasteiger partial charge in [-0.3, -0.25) is 9.59 Å². The van der Waals surface area contributed by atoms with Crippen molar-refractivity contribution in [2.24, 2.45) is 0 Å². The van der Waals surface area contributed by atoms with Crippen molar-refractivity contribution in [1.29, 1.82) is 0 Å². The first-order valence-electron chi connectivity index (χ1n) is 27.7. The lowest BCUT2D eigenvalue weighted by molar-refractivity contribution is -0.119. The Balaban J connectivity index is 0.715. The third-order valence-electron chi connectivity index (χ3n) is 17.5. The van der Waals surface area contributed by atoms with Gasteiger partial charge in [0.1, 0.15) is 28.9 Å². The van der Waals surface area contributed by atoms with E-state index in [1.165, 1.54) is 0 Å². The highest BCUT2D eigenvalue weighted by Crippen LogP contribution is 2.47. The Morgan fingerprint density at radius 1 is 0.597 bits per heavy atom. The van der Waals surface area contributed by atoms with Crippen LogP contribution in [0.5, 0.6) is 5.75 Å². The van der Waals surface area contributed by atoms with Crippen LogP contribution in [-0.4, -0.2) is 64.8 Å². The molecule has 2 saturated carbocycles. The first-order valence-corrected chi connectivity index (χ1v) is 27.7. The quantitative estimate of drug-likeness (QED) is 0.138. The van der Waals surface area contributed by atoms with Gasteiger partial charge in [-0.1, -0.05) is 58.8 Å². The fourth-order valence-corrected chi connectivity index (χ4v) is 13.9. The predicted molar refractivity (Wildman–Crippen MR) is 293 cm³/mol. The van der Waals surface area contributed by atoms with Gasteiger partial charge in [0.25, 0.3) is 0 Å². The Kier molecular flexibility index (Phi) is 11.7. The number of carbonyl (C=O) groups is 2. The van der Waals surface area contributed by atoms with Crippen LogP contribution in [0.4, 0.5) is 11.4 Å². The van der Waals surface area contributed by atoms with Gasteiger partial charge < -0.3 is 42.6 Å². The van der Waals surface area contributed by atoms with Gasteiger partial charge in [-0.25, -0.2) is 9.97 Å². The first kappa shape index (κ1) is 47.8. The molecule has 0 spiro atoms. The van der Waals surface area contributed by atoms with Crippen molar-refractivity contribution in [2.75, 3.05) is 9.80 Å².